The van der Waals surface area contributed by atoms with Crippen molar-refractivity contribution in [2.45, 2.75) is 18.1 Å². The molecule has 0 saturated heterocycles. The highest BCUT2D eigenvalue weighted by atomic mass is 32.2. The molecule has 24 heavy (non-hydrogen) atoms. The molecule has 4 rings (SSSR count). The third kappa shape index (κ3) is 2.72. The number of hydrogen-bond donors (Lipinski definition) is 1. The first kappa shape index (κ1) is 15.0. The number of fused-ring (bicyclic) bond motifs is 2. The lowest BCUT2D eigenvalue weighted by Gasteiger charge is -2.10. The molecule has 6 nitrogen and oxygen atoms in total. The molecule has 0 spiro atoms. The van der Waals surface area contributed by atoms with Gasteiger partial charge in [0.15, 0.2) is 9.84 Å². The van der Waals surface area contributed by atoms with Gasteiger partial charge in [-0.05, 0) is 41.5 Å². The van der Waals surface area contributed by atoms with Crippen molar-refractivity contribution < 1.29 is 13.2 Å². The van der Waals surface area contributed by atoms with Gasteiger partial charge in [-0.25, -0.2) is 18.4 Å². The van der Waals surface area contributed by atoms with E-state index in [0.29, 0.717) is 29.9 Å². The Morgan fingerprint density at radius 2 is 1.88 bits per heavy atom. The molecule has 0 amide bonds. The van der Waals surface area contributed by atoms with Crippen molar-refractivity contribution >= 4 is 32.2 Å². The molecule has 3 aromatic rings. The van der Waals surface area contributed by atoms with Gasteiger partial charge in [-0.1, -0.05) is 6.07 Å². The van der Waals surface area contributed by atoms with Crippen LogP contribution in [-0.2, 0) is 27.8 Å². The van der Waals surface area contributed by atoms with E-state index in [1.165, 1.54) is 18.1 Å². The van der Waals surface area contributed by atoms with E-state index < -0.39 is 9.84 Å². The fourth-order valence-electron chi connectivity index (χ4n) is 2.75. The van der Waals surface area contributed by atoms with Crippen molar-refractivity contribution in [2.24, 2.45) is 0 Å². The quantitative estimate of drug-likeness (QED) is 0.789. The van der Waals surface area contributed by atoms with Crippen molar-refractivity contribution in [1.29, 1.82) is 0 Å². The highest BCUT2D eigenvalue weighted by Gasteiger charge is 2.13. The van der Waals surface area contributed by atoms with Gasteiger partial charge in [0.25, 0.3) is 0 Å². The molecule has 0 atom stereocenters. The summed E-state index contributed by atoms with van der Waals surface area (Å²) in [4.78, 5) is 8.71. The van der Waals surface area contributed by atoms with Gasteiger partial charge in [-0.2, -0.15) is 0 Å². The number of aromatic nitrogens is 2. The summed E-state index contributed by atoms with van der Waals surface area (Å²) in [6.45, 7) is 1.25. The lowest BCUT2D eigenvalue weighted by molar-refractivity contribution is 0.134. The SMILES string of the molecule is CS(=O)(=O)c1ccc2ncnc(Nc3ccc4c(c3)COC4)c2c1. The molecule has 1 aromatic heterocycles. The number of benzene rings is 2. The Labute approximate surface area is 139 Å². The first-order chi connectivity index (χ1) is 11.5. The molecule has 1 N–H and O–H groups in total. The molecule has 0 radical (unpaired) electrons. The molecule has 0 fully saturated rings. The first-order valence-electron chi connectivity index (χ1n) is 7.42. The smallest absolute Gasteiger partial charge is 0.175 e. The van der Waals surface area contributed by atoms with Crippen LogP contribution in [0.2, 0.25) is 0 Å². The fourth-order valence-corrected chi connectivity index (χ4v) is 3.40. The van der Waals surface area contributed by atoms with Crippen LogP contribution < -0.4 is 5.32 Å². The molecule has 1 aliphatic rings. The first-order valence-corrected chi connectivity index (χ1v) is 9.31. The zero-order valence-electron chi connectivity index (χ0n) is 13.0. The van der Waals surface area contributed by atoms with Gasteiger partial charge in [-0.3, -0.25) is 0 Å². The Kier molecular flexibility index (Phi) is 3.47. The van der Waals surface area contributed by atoms with E-state index in [0.717, 1.165) is 11.3 Å². The van der Waals surface area contributed by atoms with Crippen LogP contribution in [0.15, 0.2) is 47.6 Å². The molecule has 0 bridgehead atoms. The summed E-state index contributed by atoms with van der Waals surface area (Å²) in [7, 11) is -3.29. The minimum Gasteiger partial charge on any atom is -0.372 e. The van der Waals surface area contributed by atoms with Gasteiger partial charge in [0.2, 0.25) is 0 Å². The van der Waals surface area contributed by atoms with Gasteiger partial charge in [0.05, 0.1) is 23.6 Å². The molecule has 2 heterocycles. The Morgan fingerprint density at radius 1 is 1.04 bits per heavy atom. The summed E-state index contributed by atoms with van der Waals surface area (Å²) in [6, 6.07) is 10.9. The normalized spacial score (nSPS) is 13.9. The fraction of sp³-hybridized carbons (Fsp3) is 0.176. The summed E-state index contributed by atoms with van der Waals surface area (Å²) < 4.78 is 29.0. The lowest BCUT2D eigenvalue weighted by Crippen LogP contribution is -2.00. The maximum absolute atomic E-state index is 11.8. The molecule has 7 heteroatoms. The standard InChI is InChI=1S/C17H15N3O3S/c1-24(21,22)14-4-5-16-15(7-14)17(19-10-18-16)20-13-3-2-11-8-23-9-12(11)6-13/h2-7,10H,8-9H2,1H3,(H,18,19,20). The summed E-state index contributed by atoms with van der Waals surface area (Å²) in [5.41, 5.74) is 3.90. The number of ether oxygens (including phenoxy) is 1. The number of hydrogen-bond acceptors (Lipinski definition) is 6. The molecule has 0 saturated carbocycles. The van der Waals surface area contributed by atoms with E-state index in [1.54, 1.807) is 18.2 Å². The third-order valence-corrected chi connectivity index (χ3v) is 5.13. The Morgan fingerprint density at radius 3 is 2.71 bits per heavy atom. The Balaban J connectivity index is 1.78. The van der Waals surface area contributed by atoms with E-state index in [4.69, 9.17) is 4.74 Å². The summed E-state index contributed by atoms with van der Waals surface area (Å²) >= 11 is 0. The van der Waals surface area contributed by atoms with Crippen LogP contribution in [0.1, 0.15) is 11.1 Å². The summed E-state index contributed by atoms with van der Waals surface area (Å²) in [5, 5.41) is 3.92. The van der Waals surface area contributed by atoms with Crippen LogP contribution in [0.5, 0.6) is 0 Å². The van der Waals surface area contributed by atoms with Gasteiger partial charge in [-0.15, -0.1) is 0 Å². The van der Waals surface area contributed by atoms with E-state index in [1.807, 2.05) is 18.2 Å². The van der Waals surface area contributed by atoms with Crippen LogP contribution in [-0.4, -0.2) is 24.6 Å². The number of nitrogens with zero attached hydrogens (tertiary/aromatic N) is 2. The lowest BCUT2D eigenvalue weighted by atomic mass is 10.1. The van der Waals surface area contributed by atoms with Crippen LogP contribution in [0.3, 0.4) is 0 Å². The van der Waals surface area contributed by atoms with Crippen molar-refractivity contribution in [3.8, 4) is 0 Å². The average Bonchev–Trinajstić information content (AvgIpc) is 3.01. The number of anilines is 2. The van der Waals surface area contributed by atoms with Crippen LogP contribution in [0, 0.1) is 0 Å². The van der Waals surface area contributed by atoms with E-state index in [9.17, 15) is 8.42 Å². The number of rotatable bonds is 3. The predicted molar refractivity (Wildman–Crippen MR) is 90.9 cm³/mol. The number of nitrogens with one attached hydrogen (secondary N) is 1. The number of sulfone groups is 1. The minimum atomic E-state index is -3.29. The molecular formula is C17H15N3O3S. The van der Waals surface area contributed by atoms with Crippen LogP contribution in [0.4, 0.5) is 11.5 Å². The second-order valence-corrected chi connectivity index (χ2v) is 7.79. The van der Waals surface area contributed by atoms with Crippen molar-refractivity contribution in [1.82, 2.24) is 9.97 Å². The van der Waals surface area contributed by atoms with Crippen LogP contribution >= 0.6 is 0 Å². The second kappa shape index (κ2) is 5.54. The molecule has 2 aromatic carbocycles. The predicted octanol–water partition coefficient (Wildman–Crippen LogP) is 2.81. The van der Waals surface area contributed by atoms with E-state index in [2.05, 4.69) is 15.3 Å². The molecule has 1 aliphatic heterocycles. The molecular weight excluding hydrogens is 326 g/mol. The topological polar surface area (TPSA) is 81.2 Å². The van der Waals surface area contributed by atoms with Crippen LogP contribution in [0.25, 0.3) is 10.9 Å². The average molecular weight is 341 g/mol. The van der Waals surface area contributed by atoms with Gasteiger partial charge in [0.1, 0.15) is 12.1 Å². The maximum Gasteiger partial charge on any atom is 0.175 e. The molecule has 122 valence electrons. The van der Waals surface area contributed by atoms with Crippen molar-refractivity contribution in [3.05, 3.63) is 53.9 Å². The van der Waals surface area contributed by atoms with Gasteiger partial charge in [0, 0.05) is 17.3 Å². The Bertz CT molecular complexity index is 1050. The largest absolute Gasteiger partial charge is 0.372 e. The zero-order chi connectivity index (χ0) is 16.7. The van der Waals surface area contributed by atoms with Gasteiger partial charge < -0.3 is 10.1 Å². The summed E-state index contributed by atoms with van der Waals surface area (Å²) in [5.74, 6) is 0.573. The monoisotopic (exact) mass is 341 g/mol. The third-order valence-electron chi connectivity index (χ3n) is 4.02. The Hall–Kier alpha value is -2.51. The maximum atomic E-state index is 11.8. The highest BCUT2D eigenvalue weighted by molar-refractivity contribution is 7.90. The van der Waals surface area contributed by atoms with E-state index in [-0.39, 0.29) is 4.90 Å². The van der Waals surface area contributed by atoms with E-state index >= 15 is 0 Å². The summed E-state index contributed by atoms with van der Waals surface area (Å²) in [6.07, 6.45) is 2.65. The van der Waals surface area contributed by atoms with Crippen molar-refractivity contribution in [2.75, 3.05) is 11.6 Å². The highest BCUT2D eigenvalue weighted by Crippen LogP contribution is 2.28. The second-order valence-electron chi connectivity index (χ2n) is 5.77. The minimum absolute atomic E-state index is 0.246. The zero-order valence-corrected chi connectivity index (χ0v) is 13.8. The van der Waals surface area contributed by atoms with Gasteiger partial charge >= 0.3 is 0 Å². The molecule has 0 unspecified atom stereocenters. The molecule has 0 aliphatic carbocycles. The van der Waals surface area contributed by atoms with Crippen molar-refractivity contribution in [3.63, 3.8) is 0 Å².